The number of nitrogens with one attached hydrogen (secondary N) is 2. The highest BCUT2D eigenvalue weighted by molar-refractivity contribution is 6.33. The molecule has 1 aliphatic rings. The molecule has 1 saturated heterocycles. The van der Waals surface area contributed by atoms with Gasteiger partial charge in [-0.25, -0.2) is 9.69 Å². The topological polar surface area (TPSA) is 81.8 Å². The van der Waals surface area contributed by atoms with E-state index in [0.717, 1.165) is 4.90 Å². The predicted molar refractivity (Wildman–Crippen MR) is 107 cm³/mol. The first kappa shape index (κ1) is 19.9. The SMILES string of the molecule is CN(CC(=O)Nc1ccccc1Cl)CN1C(=O)N[C@](C)(c2ccccc2)C1=O. The molecule has 1 fully saturated rings. The molecular weight excluding hydrogens is 380 g/mol. The third-order valence-corrected chi connectivity index (χ3v) is 4.90. The van der Waals surface area contributed by atoms with Crippen LogP contribution in [0.5, 0.6) is 0 Å². The molecule has 28 heavy (non-hydrogen) atoms. The van der Waals surface area contributed by atoms with E-state index in [1.807, 2.05) is 18.2 Å². The lowest BCUT2D eigenvalue weighted by Crippen LogP contribution is -2.44. The second kappa shape index (κ2) is 8.00. The molecule has 1 aliphatic heterocycles. The zero-order valence-corrected chi connectivity index (χ0v) is 16.4. The van der Waals surface area contributed by atoms with Gasteiger partial charge in [0, 0.05) is 0 Å². The average molecular weight is 401 g/mol. The van der Waals surface area contributed by atoms with E-state index in [0.29, 0.717) is 16.3 Å². The molecular formula is C20H21ClN4O3. The van der Waals surface area contributed by atoms with Crippen molar-refractivity contribution in [1.82, 2.24) is 15.1 Å². The number of halogens is 1. The average Bonchev–Trinajstić information content (AvgIpc) is 2.88. The summed E-state index contributed by atoms with van der Waals surface area (Å²) in [5.74, 6) is -0.657. The van der Waals surface area contributed by atoms with Crippen LogP contribution in [0.25, 0.3) is 0 Å². The van der Waals surface area contributed by atoms with Crippen LogP contribution in [0.15, 0.2) is 54.6 Å². The van der Waals surface area contributed by atoms with Crippen molar-refractivity contribution in [1.29, 1.82) is 0 Å². The molecule has 0 bridgehead atoms. The highest BCUT2D eigenvalue weighted by Gasteiger charge is 2.49. The second-order valence-electron chi connectivity index (χ2n) is 6.84. The first-order valence-electron chi connectivity index (χ1n) is 8.74. The molecule has 0 aliphatic carbocycles. The summed E-state index contributed by atoms with van der Waals surface area (Å²) in [6.07, 6.45) is 0. The van der Waals surface area contributed by atoms with Gasteiger partial charge in [-0.3, -0.25) is 14.5 Å². The van der Waals surface area contributed by atoms with Gasteiger partial charge in [0.15, 0.2) is 0 Å². The Morgan fingerprint density at radius 1 is 1.14 bits per heavy atom. The predicted octanol–water partition coefficient (Wildman–Crippen LogP) is 2.64. The minimum atomic E-state index is -1.13. The van der Waals surface area contributed by atoms with E-state index in [-0.39, 0.29) is 25.0 Å². The van der Waals surface area contributed by atoms with E-state index in [1.165, 1.54) is 0 Å². The quantitative estimate of drug-likeness (QED) is 0.730. The number of urea groups is 1. The van der Waals surface area contributed by atoms with E-state index in [2.05, 4.69) is 10.6 Å². The van der Waals surface area contributed by atoms with Gasteiger partial charge < -0.3 is 10.6 Å². The van der Waals surface area contributed by atoms with Crippen LogP contribution in [0.3, 0.4) is 0 Å². The Hall–Kier alpha value is -2.90. The van der Waals surface area contributed by atoms with Crippen molar-refractivity contribution in [2.24, 2.45) is 0 Å². The van der Waals surface area contributed by atoms with Crippen LogP contribution in [0.2, 0.25) is 5.02 Å². The normalized spacial score (nSPS) is 19.1. The minimum absolute atomic E-state index is 0.00959. The Bertz CT molecular complexity index is 905. The summed E-state index contributed by atoms with van der Waals surface area (Å²) in [6.45, 7) is 1.65. The summed E-state index contributed by atoms with van der Waals surface area (Å²) in [5, 5.41) is 5.90. The molecule has 2 aromatic rings. The van der Waals surface area contributed by atoms with Gasteiger partial charge >= 0.3 is 6.03 Å². The molecule has 0 unspecified atom stereocenters. The van der Waals surface area contributed by atoms with E-state index in [4.69, 9.17) is 11.6 Å². The van der Waals surface area contributed by atoms with Gasteiger partial charge in [-0.2, -0.15) is 0 Å². The summed E-state index contributed by atoms with van der Waals surface area (Å²) in [7, 11) is 1.66. The Kier molecular flexibility index (Phi) is 5.67. The van der Waals surface area contributed by atoms with Gasteiger partial charge in [0.1, 0.15) is 5.54 Å². The number of nitrogens with zero attached hydrogens (tertiary/aromatic N) is 2. The number of carbonyl (C=O) groups is 3. The third-order valence-electron chi connectivity index (χ3n) is 4.57. The van der Waals surface area contributed by atoms with E-state index in [9.17, 15) is 14.4 Å². The van der Waals surface area contributed by atoms with Gasteiger partial charge in [-0.05, 0) is 31.7 Å². The van der Waals surface area contributed by atoms with Crippen LogP contribution in [0.1, 0.15) is 12.5 Å². The fourth-order valence-electron chi connectivity index (χ4n) is 3.08. The zero-order valence-electron chi connectivity index (χ0n) is 15.6. The highest BCUT2D eigenvalue weighted by Crippen LogP contribution is 2.28. The molecule has 2 N–H and O–H groups in total. The highest BCUT2D eigenvalue weighted by atomic mass is 35.5. The van der Waals surface area contributed by atoms with Gasteiger partial charge in [0.05, 0.1) is 23.9 Å². The first-order chi connectivity index (χ1) is 13.3. The standard InChI is InChI=1S/C20H21ClN4O3/c1-20(14-8-4-3-5-9-14)18(27)25(19(28)23-20)13-24(2)12-17(26)22-16-11-7-6-10-15(16)21/h3-11H,12-13H2,1-2H3,(H,22,26)(H,23,28)/t20-/m1/s1. The maximum Gasteiger partial charge on any atom is 0.326 e. The molecule has 0 radical (unpaired) electrons. The van der Waals surface area contributed by atoms with Crippen LogP contribution >= 0.6 is 11.6 Å². The number of rotatable bonds is 6. The molecule has 1 atom stereocenters. The van der Waals surface area contributed by atoms with E-state index >= 15 is 0 Å². The third kappa shape index (κ3) is 4.00. The first-order valence-corrected chi connectivity index (χ1v) is 9.11. The van der Waals surface area contributed by atoms with Gasteiger partial charge in [0.2, 0.25) is 5.91 Å². The lowest BCUT2D eigenvalue weighted by molar-refractivity contribution is -0.133. The fraction of sp³-hybridized carbons (Fsp3) is 0.250. The minimum Gasteiger partial charge on any atom is -0.324 e. The number of carbonyl (C=O) groups excluding carboxylic acids is 3. The number of anilines is 1. The molecule has 7 nitrogen and oxygen atoms in total. The number of imide groups is 1. The second-order valence-corrected chi connectivity index (χ2v) is 7.25. The number of likely N-dealkylation sites (N-methyl/N-ethyl adjacent to an activating group) is 1. The van der Waals surface area contributed by atoms with Gasteiger partial charge in [-0.15, -0.1) is 0 Å². The van der Waals surface area contributed by atoms with E-state index < -0.39 is 11.6 Å². The Balaban J connectivity index is 1.63. The number of para-hydroxylation sites is 1. The van der Waals surface area contributed by atoms with Crippen molar-refractivity contribution in [3.63, 3.8) is 0 Å². The lowest BCUT2D eigenvalue weighted by atomic mass is 9.92. The van der Waals surface area contributed by atoms with Crippen molar-refractivity contribution in [2.45, 2.75) is 12.5 Å². The molecule has 146 valence electrons. The van der Waals surface area contributed by atoms with Crippen LogP contribution in [0, 0.1) is 0 Å². The van der Waals surface area contributed by atoms with Crippen molar-refractivity contribution >= 4 is 35.1 Å². The summed E-state index contributed by atoms with van der Waals surface area (Å²) in [6, 6.07) is 15.5. The van der Waals surface area contributed by atoms with Crippen molar-refractivity contribution in [3.8, 4) is 0 Å². The maximum absolute atomic E-state index is 12.9. The molecule has 8 heteroatoms. The fourth-order valence-corrected chi connectivity index (χ4v) is 3.26. The maximum atomic E-state index is 12.9. The molecule has 1 heterocycles. The van der Waals surface area contributed by atoms with E-state index in [1.54, 1.807) is 55.3 Å². The van der Waals surface area contributed by atoms with Gasteiger partial charge in [-0.1, -0.05) is 54.1 Å². The summed E-state index contributed by atoms with van der Waals surface area (Å²) in [5.41, 5.74) is 0.0862. The van der Waals surface area contributed by atoms with Crippen LogP contribution in [-0.2, 0) is 15.1 Å². The van der Waals surface area contributed by atoms with Crippen molar-refractivity contribution in [2.75, 3.05) is 25.6 Å². The summed E-state index contributed by atoms with van der Waals surface area (Å²) < 4.78 is 0. The number of benzene rings is 2. The number of hydrogen-bond donors (Lipinski definition) is 2. The van der Waals surface area contributed by atoms with Crippen LogP contribution in [-0.4, -0.2) is 47.9 Å². The lowest BCUT2D eigenvalue weighted by Gasteiger charge is -2.24. The molecule has 2 aromatic carbocycles. The summed E-state index contributed by atoms with van der Waals surface area (Å²) in [4.78, 5) is 40.2. The van der Waals surface area contributed by atoms with Crippen LogP contribution in [0.4, 0.5) is 10.5 Å². The van der Waals surface area contributed by atoms with Gasteiger partial charge in [0.25, 0.3) is 5.91 Å². The largest absolute Gasteiger partial charge is 0.326 e. The molecule has 3 rings (SSSR count). The molecule has 0 spiro atoms. The molecule has 4 amide bonds. The number of hydrogen-bond acceptors (Lipinski definition) is 4. The molecule has 0 aromatic heterocycles. The Labute approximate surface area is 168 Å². The van der Waals surface area contributed by atoms with Crippen molar-refractivity contribution in [3.05, 3.63) is 65.2 Å². The van der Waals surface area contributed by atoms with Crippen molar-refractivity contribution < 1.29 is 14.4 Å². The Morgan fingerprint density at radius 3 is 2.46 bits per heavy atom. The monoisotopic (exact) mass is 400 g/mol. The number of amides is 4. The molecule has 0 saturated carbocycles. The smallest absolute Gasteiger partial charge is 0.324 e. The Morgan fingerprint density at radius 2 is 1.79 bits per heavy atom. The summed E-state index contributed by atoms with van der Waals surface area (Å²) >= 11 is 6.04. The van der Waals surface area contributed by atoms with Crippen LogP contribution < -0.4 is 10.6 Å². The zero-order chi connectivity index (χ0) is 20.3.